The van der Waals surface area contributed by atoms with Gasteiger partial charge in [-0.05, 0) is 42.2 Å². The van der Waals surface area contributed by atoms with Crippen molar-refractivity contribution in [2.75, 3.05) is 11.8 Å². The molecule has 2 aromatic rings. The number of aryl methyl sites for hydroxylation is 1. The van der Waals surface area contributed by atoms with E-state index in [4.69, 9.17) is 4.74 Å². The van der Waals surface area contributed by atoms with Crippen molar-refractivity contribution in [1.29, 1.82) is 0 Å². The Morgan fingerprint density at radius 2 is 1.87 bits per heavy atom. The van der Waals surface area contributed by atoms with Gasteiger partial charge in [-0.15, -0.1) is 0 Å². The van der Waals surface area contributed by atoms with Gasteiger partial charge in [-0.25, -0.2) is 13.4 Å². The van der Waals surface area contributed by atoms with Crippen LogP contribution in [0.3, 0.4) is 0 Å². The second kappa shape index (κ2) is 6.20. The second-order valence-electron chi connectivity index (χ2n) is 6.39. The molecule has 0 aliphatic heterocycles. The van der Waals surface area contributed by atoms with Gasteiger partial charge in [0.1, 0.15) is 11.6 Å². The van der Waals surface area contributed by atoms with Crippen LogP contribution in [0.1, 0.15) is 31.9 Å². The molecule has 1 aromatic carbocycles. The van der Waals surface area contributed by atoms with Gasteiger partial charge in [0.15, 0.2) is 0 Å². The van der Waals surface area contributed by atoms with Crippen LogP contribution in [0.2, 0.25) is 0 Å². The highest BCUT2D eigenvalue weighted by molar-refractivity contribution is 7.92. The molecule has 0 aliphatic carbocycles. The SMILES string of the molecule is COc1ccc(S(=O)(=O)Nc2ncccc2C)cc1C(C)(C)C. The number of hydrogen-bond donors (Lipinski definition) is 1. The van der Waals surface area contributed by atoms with Crippen molar-refractivity contribution < 1.29 is 13.2 Å². The summed E-state index contributed by atoms with van der Waals surface area (Å²) in [4.78, 5) is 4.27. The minimum atomic E-state index is -3.71. The molecule has 5 nitrogen and oxygen atoms in total. The van der Waals surface area contributed by atoms with Crippen LogP contribution in [0.15, 0.2) is 41.4 Å². The molecule has 0 amide bonds. The van der Waals surface area contributed by atoms with Crippen molar-refractivity contribution in [3.63, 3.8) is 0 Å². The first-order chi connectivity index (χ1) is 10.6. The number of nitrogens with zero attached hydrogens (tertiary/aromatic N) is 1. The van der Waals surface area contributed by atoms with Crippen LogP contribution in [0.4, 0.5) is 5.82 Å². The lowest BCUT2D eigenvalue weighted by Gasteiger charge is -2.23. The van der Waals surface area contributed by atoms with Gasteiger partial charge >= 0.3 is 0 Å². The Labute approximate surface area is 137 Å². The van der Waals surface area contributed by atoms with E-state index in [1.165, 1.54) is 6.07 Å². The Morgan fingerprint density at radius 1 is 1.17 bits per heavy atom. The third-order valence-corrected chi connectivity index (χ3v) is 4.87. The molecular formula is C17H22N2O3S. The summed E-state index contributed by atoms with van der Waals surface area (Å²) in [5.41, 5.74) is 1.36. The highest BCUT2D eigenvalue weighted by atomic mass is 32.2. The molecule has 0 aliphatic rings. The Hall–Kier alpha value is -2.08. The summed E-state index contributed by atoms with van der Waals surface area (Å²) >= 11 is 0. The van der Waals surface area contributed by atoms with Gasteiger partial charge in [-0.1, -0.05) is 26.8 Å². The number of aromatic nitrogens is 1. The smallest absolute Gasteiger partial charge is 0.263 e. The molecular weight excluding hydrogens is 312 g/mol. The predicted molar refractivity (Wildman–Crippen MR) is 91.5 cm³/mol. The van der Waals surface area contributed by atoms with E-state index in [-0.39, 0.29) is 10.3 Å². The van der Waals surface area contributed by atoms with Gasteiger partial charge in [0.2, 0.25) is 0 Å². The Balaban J connectivity index is 2.47. The first-order valence-corrected chi connectivity index (χ1v) is 8.76. The predicted octanol–water partition coefficient (Wildman–Crippen LogP) is 3.50. The number of pyridine rings is 1. The van der Waals surface area contributed by atoms with Gasteiger partial charge in [0.25, 0.3) is 10.0 Å². The Morgan fingerprint density at radius 3 is 2.43 bits per heavy atom. The maximum Gasteiger partial charge on any atom is 0.263 e. The third kappa shape index (κ3) is 3.82. The molecule has 0 bridgehead atoms. The topological polar surface area (TPSA) is 68.3 Å². The van der Waals surface area contributed by atoms with Crippen LogP contribution in [0, 0.1) is 6.92 Å². The van der Waals surface area contributed by atoms with E-state index in [0.717, 1.165) is 11.1 Å². The summed E-state index contributed by atoms with van der Waals surface area (Å²) in [7, 11) is -2.13. The van der Waals surface area contributed by atoms with Crippen LogP contribution in [-0.2, 0) is 15.4 Å². The fourth-order valence-electron chi connectivity index (χ4n) is 2.22. The molecule has 2 rings (SSSR count). The van der Waals surface area contributed by atoms with Crippen LogP contribution < -0.4 is 9.46 Å². The van der Waals surface area contributed by atoms with E-state index in [1.54, 1.807) is 44.5 Å². The summed E-state index contributed by atoms with van der Waals surface area (Å²) in [5, 5.41) is 0. The average Bonchev–Trinajstić information content (AvgIpc) is 2.48. The van der Waals surface area contributed by atoms with Crippen molar-refractivity contribution in [1.82, 2.24) is 4.98 Å². The van der Waals surface area contributed by atoms with Crippen LogP contribution in [0.5, 0.6) is 5.75 Å². The molecule has 0 saturated carbocycles. The van der Waals surface area contributed by atoms with E-state index in [9.17, 15) is 8.42 Å². The average molecular weight is 334 g/mol. The van der Waals surface area contributed by atoms with Crippen molar-refractivity contribution in [3.05, 3.63) is 47.7 Å². The standard InChI is InChI=1S/C17H22N2O3S/c1-12-7-6-10-18-16(12)19-23(20,21)13-8-9-15(22-5)14(11-13)17(2,3)4/h6-11H,1-5H3,(H,18,19). The number of anilines is 1. The number of ether oxygens (including phenoxy) is 1. The zero-order valence-electron chi connectivity index (χ0n) is 14.0. The highest BCUT2D eigenvalue weighted by Gasteiger charge is 2.23. The molecule has 0 fully saturated rings. The van der Waals surface area contributed by atoms with Crippen LogP contribution >= 0.6 is 0 Å². The molecule has 1 N–H and O–H groups in total. The van der Waals surface area contributed by atoms with E-state index < -0.39 is 10.0 Å². The van der Waals surface area contributed by atoms with Crippen molar-refractivity contribution in [2.24, 2.45) is 0 Å². The molecule has 0 atom stereocenters. The Bertz CT molecular complexity index is 809. The maximum absolute atomic E-state index is 12.6. The molecule has 124 valence electrons. The molecule has 0 saturated heterocycles. The summed E-state index contributed by atoms with van der Waals surface area (Å²) < 4.78 is 33.2. The number of sulfonamides is 1. The zero-order chi connectivity index (χ0) is 17.3. The fourth-order valence-corrected chi connectivity index (χ4v) is 3.33. The van der Waals surface area contributed by atoms with Gasteiger partial charge in [-0.3, -0.25) is 4.72 Å². The first kappa shape index (κ1) is 17.3. The molecule has 6 heteroatoms. The summed E-state index contributed by atoms with van der Waals surface area (Å²) in [5.74, 6) is 1.01. The number of rotatable bonds is 4. The normalized spacial score (nSPS) is 12.0. The van der Waals surface area contributed by atoms with E-state index in [2.05, 4.69) is 9.71 Å². The lowest BCUT2D eigenvalue weighted by atomic mass is 9.86. The van der Waals surface area contributed by atoms with Gasteiger partial charge < -0.3 is 4.74 Å². The van der Waals surface area contributed by atoms with E-state index in [0.29, 0.717) is 11.6 Å². The number of benzene rings is 1. The number of methoxy groups -OCH3 is 1. The minimum absolute atomic E-state index is 0.188. The third-order valence-electron chi connectivity index (χ3n) is 3.53. The van der Waals surface area contributed by atoms with E-state index in [1.807, 2.05) is 20.8 Å². The lowest BCUT2D eigenvalue weighted by molar-refractivity contribution is 0.397. The molecule has 0 unspecified atom stereocenters. The number of nitrogens with one attached hydrogen (secondary N) is 1. The summed E-state index contributed by atoms with van der Waals surface area (Å²) in [6.07, 6.45) is 1.56. The summed E-state index contributed by atoms with van der Waals surface area (Å²) in [6, 6.07) is 8.44. The van der Waals surface area contributed by atoms with Gasteiger partial charge in [0, 0.05) is 11.8 Å². The van der Waals surface area contributed by atoms with Crippen LogP contribution in [-0.4, -0.2) is 20.5 Å². The van der Waals surface area contributed by atoms with Gasteiger partial charge in [0.05, 0.1) is 12.0 Å². The molecule has 1 heterocycles. The van der Waals surface area contributed by atoms with E-state index >= 15 is 0 Å². The van der Waals surface area contributed by atoms with Crippen molar-refractivity contribution in [2.45, 2.75) is 38.0 Å². The monoisotopic (exact) mass is 334 g/mol. The quantitative estimate of drug-likeness (QED) is 0.929. The largest absolute Gasteiger partial charge is 0.496 e. The van der Waals surface area contributed by atoms with Crippen LogP contribution in [0.25, 0.3) is 0 Å². The highest BCUT2D eigenvalue weighted by Crippen LogP contribution is 2.33. The maximum atomic E-state index is 12.6. The van der Waals surface area contributed by atoms with Crippen molar-refractivity contribution in [3.8, 4) is 5.75 Å². The molecule has 23 heavy (non-hydrogen) atoms. The minimum Gasteiger partial charge on any atom is -0.496 e. The Kier molecular flexibility index (Phi) is 4.66. The second-order valence-corrected chi connectivity index (χ2v) is 8.07. The fraction of sp³-hybridized carbons (Fsp3) is 0.353. The first-order valence-electron chi connectivity index (χ1n) is 7.28. The number of hydrogen-bond acceptors (Lipinski definition) is 4. The lowest BCUT2D eigenvalue weighted by Crippen LogP contribution is -2.18. The molecule has 0 radical (unpaired) electrons. The molecule has 1 aromatic heterocycles. The zero-order valence-corrected chi connectivity index (χ0v) is 14.9. The van der Waals surface area contributed by atoms with Gasteiger partial charge in [-0.2, -0.15) is 0 Å². The molecule has 0 spiro atoms. The van der Waals surface area contributed by atoms with Crippen molar-refractivity contribution >= 4 is 15.8 Å². The summed E-state index contributed by atoms with van der Waals surface area (Å²) in [6.45, 7) is 7.84.